The second-order valence-corrected chi connectivity index (χ2v) is 8.02. The standard InChI is InChI=1S/C15H15BrClNO2S/c1-21(19,20)14-5-3-13(4-6-14)18-9-8-11-10-12(17)2-7-15(11)16/h2-7,10,18H,8-9H2,1H3. The molecule has 112 valence electrons. The average Bonchev–Trinajstić information content (AvgIpc) is 2.42. The smallest absolute Gasteiger partial charge is 0.175 e. The lowest BCUT2D eigenvalue weighted by Crippen LogP contribution is -2.05. The Kier molecular flexibility index (Phi) is 5.30. The van der Waals surface area contributed by atoms with Gasteiger partial charge >= 0.3 is 0 Å². The molecule has 0 heterocycles. The highest BCUT2D eigenvalue weighted by molar-refractivity contribution is 9.10. The second kappa shape index (κ2) is 6.81. The molecule has 0 saturated carbocycles. The fourth-order valence-corrected chi connectivity index (χ4v) is 3.17. The highest BCUT2D eigenvalue weighted by atomic mass is 79.9. The Balaban J connectivity index is 1.96. The molecule has 0 unspecified atom stereocenters. The van der Waals surface area contributed by atoms with E-state index in [0.29, 0.717) is 9.92 Å². The average molecular weight is 389 g/mol. The lowest BCUT2D eigenvalue weighted by Gasteiger charge is -2.09. The van der Waals surface area contributed by atoms with Crippen LogP contribution in [0.1, 0.15) is 5.56 Å². The van der Waals surface area contributed by atoms with Crippen LogP contribution in [0.3, 0.4) is 0 Å². The van der Waals surface area contributed by atoms with Crippen LogP contribution in [-0.2, 0) is 16.3 Å². The van der Waals surface area contributed by atoms with Gasteiger partial charge in [0.1, 0.15) is 0 Å². The van der Waals surface area contributed by atoms with E-state index in [4.69, 9.17) is 11.6 Å². The number of nitrogens with one attached hydrogen (secondary N) is 1. The van der Waals surface area contributed by atoms with Crippen molar-refractivity contribution in [2.45, 2.75) is 11.3 Å². The van der Waals surface area contributed by atoms with Crippen LogP contribution < -0.4 is 5.32 Å². The van der Waals surface area contributed by atoms with Crippen LogP contribution in [0.5, 0.6) is 0 Å². The lowest BCUT2D eigenvalue weighted by atomic mass is 10.1. The normalized spacial score (nSPS) is 11.4. The zero-order valence-electron chi connectivity index (χ0n) is 11.4. The first kappa shape index (κ1) is 16.3. The van der Waals surface area contributed by atoms with Crippen molar-refractivity contribution in [1.82, 2.24) is 0 Å². The summed E-state index contributed by atoms with van der Waals surface area (Å²) in [5.41, 5.74) is 2.02. The summed E-state index contributed by atoms with van der Waals surface area (Å²) in [6.45, 7) is 0.733. The lowest BCUT2D eigenvalue weighted by molar-refractivity contribution is 0.602. The zero-order valence-corrected chi connectivity index (χ0v) is 14.6. The van der Waals surface area contributed by atoms with Gasteiger partial charge in [-0.3, -0.25) is 0 Å². The minimum atomic E-state index is -3.14. The highest BCUT2D eigenvalue weighted by Gasteiger charge is 2.06. The molecule has 0 amide bonds. The Bertz CT molecular complexity index is 730. The van der Waals surface area contributed by atoms with Crippen LogP contribution in [-0.4, -0.2) is 21.2 Å². The molecule has 0 aromatic heterocycles. The summed E-state index contributed by atoms with van der Waals surface area (Å²) in [7, 11) is -3.14. The van der Waals surface area contributed by atoms with Gasteiger partial charge in [0.25, 0.3) is 0 Å². The highest BCUT2D eigenvalue weighted by Crippen LogP contribution is 2.22. The van der Waals surface area contributed by atoms with Gasteiger partial charge in [-0.1, -0.05) is 27.5 Å². The molecule has 2 aromatic carbocycles. The van der Waals surface area contributed by atoms with E-state index in [2.05, 4.69) is 21.2 Å². The van der Waals surface area contributed by atoms with Crippen LogP contribution in [0.4, 0.5) is 5.69 Å². The predicted octanol–water partition coefficient (Wildman–Crippen LogP) is 4.16. The van der Waals surface area contributed by atoms with E-state index in [-0.39, 0.29) is 0 Å². The van der Waals surface area contributed by atoms with E-state index < -0.39 is 9.84 Å². The van der Waals surface area contributed by atoms with Gasteiger partial charge in [-0.15, -0.1) is 0 Å². The topological polar surface area (TPSA) is 46.2 Å². The summed E-state index contributed by atoms with van der Waals surface area (Å²) >= 11 is 9.47. The van der Waals surface area contributed by atoms with Gasteiger partial charge in [0, 0.05) is 28.0 Å². The molecule has 0 aliphatic rings. The van der Waals surface area contributed by atoms with Gasteiger partial charge in [-0.05, 0) is 54.4 Å². The van der Waals surface area contributed by atoms with Crippen molar-refractivity contribution in [1.29, 1.82) is 0 Å². The number of rotatable bonds is 5. The fraction of sp³-hybridized carbons (Fsp3) is 0.200. The first-order valence-electron chi connectivity index (χ1n) is 6.34. The number of anilines is 1. The molecule has 3 nitrogen and oxygen atoms in total. The minimum absolute atomic E-state index is 0.325. The Morgan fingerprint density at radius 1 is 1.14 bits per heavy atom. The molecular weight excluding hydrogens is 374 g/mol. The molecule has 0 aliphatic carbocycles. The van der Waals surface area contributed by atoms with Crippen molar-refractivity contribution in [3.8, 4) is 0 Å². The van der Waals surface area contributed by atoms with Gasteiger partial charge in [-0.25, -0.2) is 8.42 Å². The predicted molar refractivity (Wildman–Crippen MR) is 90.9 cm³/mol. The van der Waals surface area contributed by atoms with Crippen molar-refractivity contribution >= 4 is 43.1 Å². The maximum atomic E-state index is 11.4. The number of sulfone groups is 1. The second-order valence-electron chi connectivity index (χ2n) is 4.71. The van der Waals surface area contributed by atoms with Crippen LogP contribution in [0.2, 0.25) is 5.02 Å². The van der Waals surface area contributed by atoms with Crippen molar-refractivity contribution in [2.24, 2.45) is 0 Å². The summed E-state index contributed by atoms with van der Waals surface area (Å²) in [6, 6.07) is 12.4. The minimum Gasteiger partial charge on any atom is -0.385 e. The molecule has 0 aliphatic heterocycles. The number of benzene rings is 2. The molecule has 0 fully saturated rings. The molecule has 21 heavy (non-hydrogen) atoms. The Labute approximate surface area is 138 Å². The van der Waals surface area contributed by atoms with Crippen LogP contribution in [0.25, 0.3) is 0 Å². The van der Waals surface area contributed by atoms with E-state index >= 15 is 0 Å². The van der Waals surface area contributed by atoms with Gasteiger partial charge in [-0.2, -0.15) is 0 Å². The largest absolute Gasteiger partial charge is 0.385 e. The van der Waals surface area contributed by atoms with Crippen LogP contribution in [0, 0.1) is 0 Å². The summed E-state index contributed by atoms with van der Waals surface area (Å²) in [5, 5.41) is 3.97. The van der Waals surface area contributed by atoms with Crippen LogP contribution >= 0.6 is 27.5 Å². The van der Waals surface area contributed by atoms with Gasteiger partial charge < -0.3 is 5.32 Å². The van der Waals surface area contributed by atoms with Gasteiger partial charge in [0.2, 0.25) is 0 Å². The number of halogens is 2. The first-order valence-corrected chi connectivity index (χ1v) is 9.40. The summed E-state index contributed by atoms with van der Waals surface area (Å²) in [6.07, 6.45) is 2.01. The Hall–Kier alpha value is -1.04. The third-order valence-electron chi connectivity index (χ3n) is 3.01. The van der Waals surface area contributed by atoms with Crippen molar-refractivity contribution < 1.29 is 8.42 Å². The molecule has 1 N–H and O–H groups in total. The van der Waals surface area contributed by atoms with E-state index in [1.54, 1.807) is 24.3 Å². The van der Waals surface area contributed by atoms with Gasteiger partial charge in [0.15, 0.2) is 9.84 Å². The molecule has 2 rings (SSSR count). The van der Waals surface area contributed by atoms with E-state index in [9.17, 15) is 8.42 Å². The third-order valence-corrected chi connectivity index (χ3v) is 5.15. The Morgan fingerprint density at radius 2 is 1.81 bits per heavy atom. The monoisotopic (exact) mass is 387 g/mol. The van der Waals surface area contributed by atoms with Crippen molar-refractivity contribution in [3.05, 3.63) is 57.5 Å². The molecule has 0 saturated heterocycles. The quantitative estimate of drug-likeness (QED) is 0.836. The molecule has 0 spiro atoms. The Morgan fingerprint density at radius 3 is 2.43 bits per heavy atom. The van der Waals surface area contributed by atoms with E-state index in [1.165, 1.54) is 6.26 Å². The maximum Gasteiger partial charge on any atom is 0.175 e. The third kappa shape index (κ3) is 4.73. The fourth-order valence-electron chi connectivity index (χ4n) is 1.90. The first-order chi connectivity index (χ1) is 9.86. The van der Waals surface area contributed by atoms with Crippen molar-refractivity contribution in [3.63, 3.8) is 0 Å². The van der Waals surface area contributed by atoms with Crippen LogP contribution in [0.15, 0.2) is 51.8 Å². The summed E-state index contributed by atoms with van der Waals surface area (Å²) in [4.78, 5) is 0.325. The zero-order chi connectivity index (χ0) is 15.5. The molecular formula is C15H15BrClNO2S. The SMILES string of the molecule is CS(=O)(=O)c1ccc(NCCc2cc(Cl)ccc2Br)cc1. The van der Waals surface area contributed by atoms with Crippen molar-refractivity contribution in [2.75, 3.05) is 18.1 Å². The van der Waals surface area contributed by atoms with E-state index in [1.807, 2.05) is 18.2 Å². The van der Waals surface area contributed by atoms with Gasteiger partial charge in [0.05, 0.1) is 4.90 Å². The number of hydrogen-bond donors (Lipinski definition) is 1. The molecule has 2 aromatic rings. The molecule has 0 atom stereocenters. The summed E-state index contributed by atoms with van der Waals surface area (Å²) in [5.74, 6) is 0. The molecule has 0 bridgehead atoms. The maximum absolute atomic E-state index is 11.4. The molecule has 6 heteroatoms. The van der Waals surface area contributed by atoms with E-state index in [0.717, 1.165) is 28.7 Å². The number of hydrogen-bond acceptors (Lipinski definition) is 3. The molecule has 0 radical (unpaired) electrons. The summed E-state index contributed by atoms with van der Waals surface area (Å²) < 4.78 is 23.8.